The van der Waals surface area contributed by atoms with Gasteiger partial charge in [0.25, 0.3) is 5.82 Å². The minimum atomic E-state index is -4.67. The summed E-state index contributed by atoms with van der Waals surface area (Å²) in [5, 5.41) is 10.1. The van der Waals surface area contributed by atoms with E-state index in [1.807, 2.05) is 12.1 Å². The molecule has 1 fully saturated rings. The van der Waals surface area contributed by atoms with Crippen molar-refractivity contribution in [2.75, 3.05) is 14.2 Å². The number of tetrazole rings is 1. The van der Waals surface area contributed by atoms with Crippen LogP contribution in [0, 0.1) is 5.92 Å². The lowest BCUT2D eigenvalue weighted by Crippen LogP contribution is -2.55. The van der Waals surface area contributed by atoms with Crippen LogP contribution in [0.15, 0.2) is 78.9 Å². The number of nitrogens with zero attached hydrogens (tertiary/aromatic N) is 5. The van der Waals surface area contributed by atoms with E-state index in [0.717, 1.165) is 23.1 Å². The van der Waals surface area contributed by atoms with Crippen molar-refractivity contribution in [1.82, 2.24) is 25.1 Å². The van der Waals surface area contributed by atoms with Crippen molar-refractivity contribution in [3.63, 3.8) is 0 Å². The van der Waals surface area contributed by atoms with Crippen molar-refractivity contribution in [2.45, 2.75) is 56.8 Å². The molecular weight excluding hydrogens is 515 g/mol. The number of likely N-dealkylation sites (N-methyl/N-ethyl adjacent to an activating group) is 1. The first kappa shape index (κ1) is 27.8. The van der Waals surface area contributed by atoms with Crippen LogP contribution in [0.5, 0.6) is 5.75 Å². The molecular formula is C31H34F3N5O. The summed E-state index contributed by atoms with van der Waals surface area (Å²) in [6.07, 6.45) is -2.16. The smallest absolute Gasteiger partial charge is 0.453 e. The first-order valence-corrected chi connectivity index (χ1v) is 13.4. The van der Waals surface area contributed by atoms with E-state index in [9.17, 15) is 13.2 Å². The molecule has 0 N–H and O–H groups in total. The second-order valence-electron chi connectivity index (χ2n) is 11.2. The summed E-state index contributed by atoms with van der Waals surface area (Å²) in [6.45, 7) is 4.53. The number of likely N-dealkylation sites (tertiary alicyclic amines) is 1. The molecule has 1 aliphatic heterocycles. The van der Waals surface area contributed by atoms with E-state index in [-0.39, 0.29) is 29.1 Å². The Balaban J connectivity index is 1.50. The number of aromatic nitrogens is 4. The molecule has 2 heterocycles. The number of piperidine rings is 1. The van der Waals surface area contributed by atoms with Crippen LogP contribution < -0.4 is 4.74 Å². The number of hydrogen-bond acceptors (Lipinski definition) is 5. The van der Waals surface area contributed by atoms with Gasteiger partial charge in [-0.05, 0) is 91.4 Å². The van der Waals surface area contributed by atoms with Crippen molar-refractivity contribution in [2.24, 2.45) is 5.92 Å². The molecule has 0 bridgehead atoms. The van der Waals surface area contributed by atoms with Crippen molar-refractivity contribution in [3.05, 3.63) is 101 Å². The van der Waals surface area contributed by atoms with Crippen LogP contribution in [0.25, 0.3) is 5.69 Å². The summed E-state index contributed by atoms with van der Waals surface area (Å²) >= 11 is 0. The van der Waals surface area contributed by atoms with Gasteiger partial charge in [0.2, 0.25) is 0 Å². The van der Waals surface area contributed by atoms with Gasteiger partial charge in [-0.1, -0.05) is 60.7 Å². The number of hydrogen-bond donors (Lipinski definition) is 0. The number of methoxy groups -OCH3 is 1. The second-order valence-corrected chi connectivity index (χ2v) is 11.2. The molecule has 4 aromatic rings. The van der Waals surface area contributed by atoms with E-state index in [1.165, 1.54) is 11.1 Å². The zero-order chi connectivity index (χ0) is 28.5. The molecule has 0 saturated carbocycles. The van der Waals surface area contributed by atoms with Crippen molar-refractivity contribution < 1.29 is 17.9 Å². The predicted octanol–water partition coefficient (Wildman–Crippen LogP) is 6.55. The molecule has 9 heteroatoms. The number of alkyl halides is 3. The molecule has 1 aliphatic rings. The Kier molecular flexibility index (Phi) is 7.68. The summed E-state index contributed by atoms with van der Waals surface area (Å²) in [5.74, 6) is -0.0801. The minimum absolute atomic E-state index is 0.0977. The average molecular weight is 550 g/mol. The maximum absolute atomic E-state index is 13.5. The quantitative estimate of drug-likeness (QED) is 0.262. The third kappa shape index (κ3) is 5.61. The summed E-state index contributed by atoms with van der Waals surface area (Å²) in [5.41, 5.74) is 3.52. The van der Waals surface area contributed by atoms with E-state index in [4.69, 9.17) is 4.74 Å². The van der Waals surface area contributed by atoms with Crippen LogP contribution in [0.1, 0.15) is 55.1 Å². The fraction of sp³-hybridized carbons (Fsp3) is 0.387. The van der Waals surface area contributed by atoms with E-state index in [2.05, 4.69) is 89.9 Å². The van der Waals surface area contributed by atoms with Gasteiger partial charge >= 0.3 is 6.18 Å². The van der Waals surface area contributed by atoms with Crippen molar-refractivity contribution in [1.29, 1.82) is 0 Å². The van der Waals surface area contributed by atoms with Gasteiger partial charge in [-0.2, -0.15) is 17.9 Å². The van der Waals surface area contributed by atoms with E-state index in [0.29, 0.717) is 12.2 Å². The Labute approximate surface area is 232 Å². The predicted molar refractivity (Wildman–Crippen MR) is 147 cm³/mol. The van der Waals surface area contributed by atoms with Crippen LogP contribution in [-0.4, -0.2) is 50.8 Å². The zero-order valence-corrected chi connectivity index (χ0v) is 23.1. The summed E-state index contributed by atoms with van der Waals surface area (Å²) in [7, 11) is 3.79. The first-order valence-electron chi connectivity index (χ1n) is 13.4. The molecule has 2 atom stereocenters. The van der Waals surface area contributed by atoms with E-state index in [1.54, 1.807) is 25.3 Å². The Morgan fingerprint density at radius 3 is 2.17 bits per heavy atom. The molecule has 1 saturated heterocycles. The van der Waals surface area contributed by atoms with Gasteiger partial charge in [0.1, 0.15) is 5.75 Å². The van der Waals surface area contributed by atoms with Crippen molar-refractivity contribution in [3.8, 4) is 11.4 Å². The highest BCUT2D eigenvalue weighted by atomic mass is 19.4. The molecule has 0 spiro atoms. The summed E-state index contributed by atoms with van der Waals surface area (Å²) in [6, 6.07) is 26.4. The fourth-order valence-electron chi connectivity index (χ4n) is 6.26. The third-order valence-corrected chi connectivity index (χ3v) is 8.26. The molecule has 0 amide bonds. The molecule has 1 aromatic heterocycles. The lowest BCUT2D eigenvalue weighted by molar-refractivity contribution is -0.146. The first-order chi connectivity index (χ1) is 19.1. The monoisotopic (exact) mass is 549 g/mol. The minimum Gasteiger partial charge on any atom is -0.496 e. The van der Waals surface area contributed by atoms with Gasteiger partial charge in [-0.25, -0.2) is 0 Å². The topological polar surface area (TPSA) is 56.1 Å². The second kappa shape index (κ2) is 11.0. The highest BCUT2D eigenvalue weighted by molar-refractivity contribution is 5.45. The number of ether oxygens (including phenoxy) is 1. The molecule has 6 nitrogen and oxygen atoms in total. The standard InChI is InChI=1S/C31H34F3N5O/c1-30(2)20-21(17-24-19-25(15-16-27(24)40-4)39-29(31(32,33)34)35-36-37-39)18-26(38(30)3)28(22-11-7-5-8-12-22)23-13-9-6-10-14-23/h5-16,19,21,26,28H,17-18,20H2,1-4H3. The van der Waals surface area contributed by atoms with E-state index >= 15 is 0 Å². The fourth-order valence-corrected chi connectivity index (χ4v) is 6.26. The molecule has 0 aliphatic carbocycles. The van der Waals surface area contributed by atoms with Gasteiger partial charge in [0.05, 0.1) is 12.8 Å². The van der Waals surface area contributed by atoms with Gasteiger partial charge in [-0.3, -0.25) is 4.90 Å². The SMILES string of the molecule is COc1ccc(-n2nnnc2C(F)(F)F)cc1CC1CC(C(c2ccccc2)c2ccccc2)N(C)C(C)(C)C1. The maximum Gasteiger partial charge on any atom is 0.453 e. The van der Waals surface area contributed by atoms with E-state index < -0.39 is 12.0 Å². The molecule has 210 valence electrons. The largest absolute Gasteiger partial charge is 0.496 e. The third-order valence-electron chi connectivity index (χ3n) is 8.26. The number of rotatable bonds is 7. The highest BCUT2D eigenvalue weighted by Gasteiger charge is 2.43. The highest BCUT2D eigenvalue weighted by Crippen LogP contribution is 2.44. The zero-order valence-electron chi connectivity index (χ0n) is 23.1. The molecule has 5 rings (SSSR count). The van der Waals surface area contributed by atoms with Gasteiger partial charge in [0.15, 0.2) is 0 Å². The normalized spacial score (nSPS) is 19.6. The summed E-state index contributed by atoms with van der Waals surface area (Å²) < 4.78 is 46.9. The average Bonchev–Trinajstić information content (AvgIpc) is 3.44. The maximum atomic E-state index is 13.5. The summed E-state index contributed by atoms with van der Waals surface area (Å²) in [4.78, 5) is 2.50. The van der Waals surface area contributed by atoms with Gasteiger partial charge < -0.3 is 4.74 Å². The molecule has 0 radical (unpaired) electrons. The Morgan fingerprint density at radius 1 is 0.975 bits per heavy atom. The van der Waals surface area contributed by atoms with Gasteiger partial charge in [-0.15, -0.1) is 5.10 Å². The molecule has 40 heavy (non-hydrogen) atoms. The number of halogens is 3. The Bertz CT molecular complexity index is 1380. The lowest BCUT2D eigenvalue weighted by Gasteiger charge is -2.51. The molecule has 3 aromatic carbocycles. The van der Waals surface area contributed by atoms with Crippen LogP contribution >= 0.6 is 0 Å². The van der Waals surface area contributed by atoms with Crippen LogP contribution in [0.4, 0.5) is 13.2 Å². The van der Waals surface area contributed by atoms with Crippen molar-refractivity contribution >= 4 is 0 Å². The van der Waals surface area contributed by atoms with Crippen LogP contribution in [0.3, 0.4) is 0 Å². The van der Waals surface area contributed by atoms with Crippen LogP contribution in [0.2, 0.25) is 0 Å². The van der Waals surface area contributed by atoms with Crippen LogP contribution in [-0.2, 0) is 12.6 Å². The lowest BCUT2D eigenvalue weighted by atomic mass is 9.71. The molecule has 2 unspecified atom stereocenters. The Hall–Kier alpha value is -3.72. The van der Waals surface area contributed by atoms with Gasteiger partial charge in [0, 0.05) is 17.5 Å². The number of benzene rings is 3. The Morgan fingerprint density at radius 2 is 1.60 bits per heavy atom.